The van der Waals surface area contributed by atoms with Gasteiger partial charge < -0.3 is 15.5 Å². The largest absolute Gasteiger partial charge is 0.435 e. The molecule has 1 aliphatic rings. The number of nitrogens with one attached hydrogen (secondary N) is 2. The van der Waals surface area contributed by atoms with Crippen LogP contribution in [0.3, 0.4) is 0 Å². The summed E-state index contributed by atoms with van der Waals surface area (Å²) in [5.41, 5.74) is -1.50. The van der Waals surface area contributed by atoms with E-state index in [2.05, 4.69) is 15.7 Å². The summed E-state index contributed by atoms with van der Waals surface area (Å²) in [7, 11) is 0. The Morgan fingerprint density at radius 1 is 1.12 bits per heavy atom. The number of benzene rings is 1. The SMILES string of the molecule is CCC(=O)N1CCC(C(=O)NCCNC(=O)c2cn(-c3ccccc3)nc2C(F)(F)F)C1. The molecule has 0 spiro atoms. The first-order valence-electron chi connectivity index (χ1n) is 10.3. The van der Waals surface area contributed by atoms with Crippen LogP contribution in [0.2, 0.25) is 0 Å². The Labute approximate surface area is 182 Å². The number of alkyl halides is 3. The van der Waals surface area contributed by atoms with Gasteiger partial charge in [0.25, 0.3) is 5.91 Å². The average Bonchev–Trinajstić information content (AvgIpc) is 3.44. The van der Waals surface area contributed by atoms with E-state index in [1.807, 2.05) is 0 Å². The van der Waals surface area contributed by atoms with Crippen molar-refractivity contribution in [1.29, 1.82) is 0 Å². The third-order valence-corrected chi connectivity index (χ3v) is 5.17. The van der Waals surface area contributed by atoms with E-state index < -0.39 is 23.3 Å². The van der Waals surface area contributed by atoms with Crippen LogP contribution in [0.15, 0.2) is 36.5 Å². The predicted molar refractivity (Wildman–Crippen MR) is 109 cm³/mol. The predicted octanol–water partition coefficient (Wildman–Crippen LogP) is 2.00. The topological polar surface area (TPSA) is 96.3 Å². The lowest BCUT2D eigenvalue weighted by Gasteiger charge is -2.15. The third kappa shape index (κ3) is 5.45. The second kappa shape index (κ2) is 9.84. The molecule has 1 aromatic carbocycles. The molecule has 1 unspecified atom stereocenters. The second-order valence-electron chi connectivity index (χ2n) is 7.40. The number of hydrogen-bond acceptors (Lipinski definition) is 4. The van der Waals surface area contributed by atoms with Crippen molar-refractivity contribution in [1.82, 2.24) is 25.3 Å². The maximum Gasteiger partial charge on any atom is 0.435 e. The highest BCUT2D eigenvalue weighted by molar-refractivity contribution is 5.95. The first-order chi connectivity index (χ1) is 15.2. The third-order valence-electron chi connectivity index (χ3n) is 5.17. The van der Waals surface area contributed by atoms with Gasteiger partial charge in [-0.3, -0.25) is 14.4 Å². The summed E-state index contributed by atoms with van der Waals surface area (Å²) < 4.78 is 41.1. The van der Waals surface area contributed by atoms with E-state index >= 15 is 0 Å². The van der Waals surface area contributed by atoms with Crippen LogP contribution in [0.4, 0.5) is 13.2 Å². The molecule has 0 saturated carbocycles. The summed E-state index contributed by atoms with van der Waals surface area (Å²) in [6.45, 7) is 2.62. The minimum absolute atomic E-state index is 0.0101. The number of carbonyl (C=O) groups is 3. The fraction of sp³-hybridized carbons (Fsp3) is 0.429. The van der Waals surface area contributed by atoms with E-state index in [0.717, 1.165) is 10.9 Å². The Morgan fingerprint density at radius 2 is 1.81 bits per heavy atom. The van der Waals surface area contributed by atoms with Crippen molar-refractivity contribution >= 4 is 17.7 Å². The molecule has 3 amide bonds. The van der Waals surface area contributed by atoms with Gasteiger partial charge in [-0.1, -0.05) is 25.1 Å². The Morgan fingerprint density at radius 3 is 2.47 bits per heavy atom. The van der Waals surface area contributed by atoms with Crippen LogP contribution < -0.4 is 10.6 Å². The van der Waals surface area contributed by atoms with Gasteiger partial charge in [0.05, 0.1) is 17.2 Å². The number of likely N-dealkylation sites (tertiary alicyclic amines) is 1. The van der Waals surface area contributed by atoms with Gasteiger partial charge in [0.2, 0.25) is 11.8 Å². The van der Waals surface area contributed by atoms with Crippen molar-refractivity contribution in [2.24, 2.45) is 5.92 Å². The van der Waals surface area contributed by atoms with Crippen molar-refractivity contribution < 1.29 is 27.6 Å². The molecule has 1 atom stereocenters. The molecule has 32 heavy (non-hydrogen) atoms. The molecule has 1 aliphatic heterocycles. The molecule has 2 heterocycles. The van der Waals surface area contributed by atoms with E-state index in [1.54, 1.807) is 42.2 Å². The molecule has 2 N–H and O–H groups in total. The van der Waals surface area contributed by atoms with Crippen LogP contribution in [0.25, 0.3) is 5.69 Å². The Hall–Kier alpha value is -3.37. The molecule has 1 saturated heterocycles. The van der Waals surface area contributed by atoms with Gasteiger partial charge in [-0.15, -0.1) is 0 Å². The number of aromatic nitrogens is 2. The quantitative estimate of drug-likeness (QED) is 0.630. The van der Waals surface area contributed by atoms with E-state index in [9.17, 15) is 27.6 Å². The number of rotatable bonds is 7. The van der Waals surface area contributed by atoms with Gasteiger partial charge in [-0.05, 0) is 18.6 Å². The van der Waals surface area contributed by atoms with Crippen LogP contribution >= 0.6 is 0 Å². The van der Waals surface area contributed by atoms with Crippen molar-refractivity contribution in [2.75, 3.05) is 26.2 Å². The summed E-state index contributed by atoms with van der Waals surface area (Å²) >= 11 is 0. The average molecular weight is 451 g/mol. The fourth-order valence-electron chi connectivity index (χ4n) is 3.49. The van der Waals surface area contributed by atoms with Gasteiger partial charge in [-0.2, -0.15) is 18.3 Å². The molecule has 8 nitrogen and oxygen atoms in total. The van der Waals surface area contributed by atoms with Crippen LogP contribution in [0.1, 0.15) is 35.8 Å². The molecule has 1 fully saturated rings. The molecule has 0 radical (unpaired) electrons. The number of nitrogens with zero attached hydrogens (tertiary/aromatic N) is 3. The molecule has 0 aliphatic carbocycles. The second-order valence-corrected chi connectivity index (χ2v) is 7.40. The summed E-state index contributed by atoms with van der Waals surface area (Å²) in [6.07, 6.45) is -2.84. The lowest BCUT2D eigenvalue weighted by Crippen LogP contribution is -2.39. The van der Waals surface area contributed by atoms with Crippen LogP contribution in [0, 0.1) is 5.92 Å². The van der Waals surface area contributed by atoms with Crippen molar-refractivity contribution in [2.45, 2.75) is 25.9 Å². The van der Waals surface area contributed by atoms with Gasteiger partial charge in [-0.25, -0.2) is 4.68 Å². The molecule has 0 bridgehead atoms. The summed E-state index contributed by atoms with van der Waals surface area (Å²) in [5.74, 6) is -1.53. The van der Waals surface area contributed by atoms with Gasteiger partial charge in [0, 0.05) is 38.8 Å². The van der Waals surface area contributed by atoms with Crippen LogP contribution in [-0.4, -0.2) is 58.6 Å². The molecule has 11 heteroatoms. The zero-order valence-corrected chi connectivity index (χ0v) is 17.5. The first kappa shape index (κ1) is 23.3. The number of amides is 3. The fourth-order valence-corrected chi connectivity index (χ4v) is 3.49. The lowest BCUT2D eigenvalue weighted by molar-refractivity contribution is -0.141. The molecule has 1 aromatic heterocycles. The Bertz CT molecular complexity index is 975. The zero-order chi connectivity index (χ0) is 23.3. The van der Waals surface area contributed by atoms with Gasteiger partial charge in [0.15, 0.2) is 5.69 Å². The standard InChI is InChI=1S/C21H24F3N5O3/c1-2-17(30)28-11-8-14(12-28)19(31)25-9-10-26-20(32)16-13-29(15-6-4-3-5-7-15)27-18(16)21(22,23)24/h3-7,13-14H,2,8-12H2,1H3,(H,25,31)(H,26,32). The highest BCUT2D eigenvalue weighted by Crippen LogP contribution is 2.31. The minimum Gasteiger partial charge on any atom is -0.354 e. The number of halogens is 3. The normalized spacial score (nSPS) is 16.1. The van der Waals surface area contributed by atoms with E-state index in [-0.39, 0.29) is 30.8 Å². The Balaban J connectivity index is 1.55. The summed E-state index contributed by atoms with van der Waals surface area (Å²) in [5, 5.41) is 8.58. The minimum atomic E-state index is -4.80. The Kier molecular flexibility index (Phi) is 7.16. The maximum atomic E-state index is 13.4. The van der Waals surface area contributed by atoms with Crippen LogP contribution in [0.5, 0.6) is 0 Å². The van der Waals surface area contributed by atoms with E-state index in [1.165, 1.54) is 0 Å². The maximum absolute atomic E-state index is 13.4. The molecular formula is C21H24F3N5O3. The van der Waals surface area contributed by atoms with E-state index in [0.29, 0.717) is 31.6 Å². The molecule has 2 aromatic rings. The van der Waals surface area contributed by atoms with Crippen molar-refractivity contribution in [3.63, 3.8) is 0 Å². The van der Waals surface area contributed by atoms with Crippen molar-refractivity contribution in [3.05, 3.63) is 47.8 Å². The monoisotopic (exact) mass is 451 g/mol. The van der Waals surface area contributed by atoms with Crippen LogP contribution in [-0.2, 0) is 15.8 Å². The smallest absolute Gasteiger partial charge is 0.354 e. The highest BCUT2D eigenvalue weighted by atomic mass is 19.4. The number of hydrogen-bond donors (Lipinski definition) is 2. The first-order valence-corrected chi connectivity index (χ1v) is 10.3. The van der Waals surface area contributed by atoms with Gasteiger partial charge >= 0.3 is 6.18 Å². The van der Waals surface area contributed by atoms with Crippen molar-refractivity contribution in [3.8, 4) is 5.69 Å². The zero-order valence-electron chi connectivity index (χ0n) is 17.5. The molecular weight excluding hydrogens is 427 g/mol. The lowest BCUT2D eigenvalue weighted by atomic mass is 10.1. The summed E-state index contributed by atoms with van der Waals surface area (Å²) in [6, 6.07) is 8.15. The highest BCUT2D eigenvalue weighted by Gasteiger charge is 2.39. The molecule has 3 rings (SSSR count). The summed E-state index contributed by atoms with van der Waals surface area (Å²) in [4.78, 5) is 38.0. The number of para-hydroxylation sites is 1. The number of carbonyl (C=O) groups excluding carboxylic acids is 3. The van der Waals surface area contributed by atoms with E-state index in [4.69, 9.17) is 0 Å². The van der Waals surface area contributed by atoms with Gasteiger partial charge in [0.1, 0.15) is 0 Å². The molecule has 172 valence electrons.